The average molecular weight is 350 g/mol. The molecular formula is C17H22N2O6. The highest BCUT2D eigenvalue weighted by atomic mass is 16.4. The standard InChI is InChI=1S/C17H22N2O6/c1-11(12-5-3-2-4-6-12)18-14(20)8-9-15(21)19-13(17(24)25)7-10-16(22)23/h2-6,11,13H,7-10H2,1H3,(H,18,20)(H,19,21)(H,22,23)(H,24,25)/t11-,13-/m1/s1. The topological polar surface area (TPSA) is 133 Å². The van der Waals surface area contributed by atoms with E-state index in [1.807, 2.05) is 37.3 Å². The Morgan fingerprint density at radius 2 is 1.48 bits per heavy atom. The Bertz CT molecular complexity index is 617. The molecule has 0 saturated carbocycles. The average Bonchev–Trinajstić information content (AvgIpc) is 2.57. The molecule has 25 heavy (non-hydrogen) atoms. The van der Waals surface area contributed by atoms with E-state index in [9.17, 15) is 19.2 Å². The number of carbonyl (C=O) groups is 4. The van der Waals surface area contributed by atoms with Gasteiger partial charge in [0.2, 0.25) is 11.8 Å². The zero-order valence-electron chi connectivity index (χ0n) is 13.9. The fraction of sp³-hybridized carbons (Fsp3) is 0.412. The predicted molar refractivity (Wildman–Crippen MR) is 88.7 cm³/mol. The smallest absolute Gasteiger partial charge is 0.326 e. The van der Waals surface area contributed by atoms with Gasteiger partial charge in [0, 0.05) is 19.3 Å². The van der Waals surface area contributed by atoms with Gasteiger partial charge in [-0.1, -0.05) is 30.3 Å². The van der Waals surface area contributed by atoms with Gasteiger partial charge in [-0.2, -0.15) is 0 Å². The second-order valence-corrected chi connectivity index (χ2v) is 5.59. The van der Waals surface area contributed by atoms with E-state index in [1.54, 1.807) is 0 Å². The van der Waals surface area contributed by atoms with E-state index in [-0.39, 0.29) is 37.6 Å². The second kappa shape index (κ2) is 10.1. The van der Waals surface area contributed by atoms with Crippen LogP contribution in [0.5, 0.6) is 0 Å². The molecule has 136 valence electrons. The number of hydrogen-bond donors (Lipinski definition) is 4. The van der Waals surface area contributed by atoms with Gasteiger partial charge in [-0.3, -0.25) is 14.4 Å². The van der Waals surface area contributed by atoms with Crippen molar-refractivity contribution in [1.82, 2.24) is 10.6 Å². The fourth-order valence-corrected chi connectivity index (χ4v) is 2.16. The Kier molecular flexibility index (Phi) is 8.11. The normalized spacial score (nSPS) is 12.7. The molecule has 2 amide bonds. The van der Waals surface area contributed by atoms with E-state index >= 15 is 0 Å². The summed E-state index contributed by atoms with van der Waals surface area (Å²) < 4.78 is 0. The maximum Gasteiger partial charge on any atom is 0.326 e. The minimum Gasteiger partial charge on any atom is -0.481 e. The Labute approximate surface area is 145 Å². The maximum absolute atomic E-state index is 11.9. The number of rotatable bonds is 10. The molecule has 1 aromatic rings. The molecule has 8 heteroatoms. The van der Waals surface area contributed by atoms with Crippen LogP contribution in [0.1, 0.15) is 44.2 Å². The molecule has 4 N–H and O–H groups in total. The van der Waals surface area contributed by atoms with Gasteiger partial charge in [0.15, 0.2) is 0 Å². The molecule has 2 atom stereocenters. The number of carboxylic acids is 2. The van der Waals surface area contributed by atoms with Gasteiger partial charge in [-0.15, -0.1) is 0 Å². The number of amides is 2. The van der Waals surface area contributed by atoms with Gasteiger partial charge in [0.1, 0.15) is 6.04 Å². The third-order valence-corrected chi connectivity index (χ3v) is 3.54. The zero-order chi connectivity index (χ0) is 18.8. The lowest BCUT2D eigenvalue weighted by Crippen LogP contribution is -2.41. The van der Waals surface area contributed by atoms with E-state index < -0.39 is 23.9 Å². The minimum absolute atomic E-state index is 0.0890. The number of nitrogens with one attached hydrogen (secondary N) is 2. The third-order valence-electron chi connectivity index (χ3n) is 3.54. The van der Waals surface area contributed by atoms with Crippen molar-refractivity contribution in [3.05, 3.63) is 35.9 Å². The first-order chi connectivity index (χ1) is 11.8. The molecule has 0 spiro atoms. The van der Waals surface area contributed by atoms with Crippen LogP contribution < -0.4 is 10.6 Å². The first-order valence-corrected chi connectivity index (χ1v) is 7.88. The van der Waals surface area contributed by atoms with E-state index in [0.717, 1.165) is 5.56 Å². The van der Waals surface area contributed by atoms with Gasteiger partial charge in [0.05, 0.1) is 6.04 Å². The molecule has 0 saturated heterocycles. The van der Waals surface area contributed by atoms with Gasteiger partial charge < -0.3 is 20.8 Å². The van der Waals surface area contributed by atoms with Crippen molar-refractivity contribution in [2.45, 2.75) is 44.7 Å². The Hall–Kier alpha value is -2.90. The Balaban J connectivity index is 2.40. The van der Waals surface area contributed by atoms with Crippen LogP contribution in [0.3, 0.4) is 0 Å². The number of aliphatic carboxylic acids is 2. The summed E-state index contributed by atoms with van der Waals surface area (Å²) in [6.45, 7) is 1.82. The number of benzene rings is 1. The van der Waals surface area contributed by atoms with Crippen molar-refractivity contribution in [3.8, 4) is 0 Å². The zero-order valence-corrected chi connectivity index (χ0v) is 13.9. The molecule has 0 unspecified atom stereocenters. The molecule has 1 aromatic carbocycles. The molecule has 0 aliphatic heterocycles. The van der Waals surface area contributed by atoms with Crippen molar-refractivity contribution in [3.63, 3.8) is 0 Å². The van der Waals surface area contributed by atoms with E-state index in [2.05, 4.69) is 10.6 Å². The van der Waals surface area contributed by atoms with Crippen molar-refractivity contribution < 1.29 is 29.4 Å². The summed E-state index contributed by atoms with van der Waals surface area (Å²) in [7, 11) is 0. The molecule has 0 aromatic heterocycles. The second-order valence-electron chi connectivity index (χ2n) is 5.59. The summed E-state index contributed by atoms with van der Waals surface area (Å²) in [5.41, 5.74) is 0.930. The van der Waals surface area contributed by atoms with E-state index in [0.29, 0.717) is 0 Å². The van der Waals surface area contributed by atoms with E-state index in [4.69, 9.17) is 10.2 Å². The van der Waals surface area contributed by atoms with Crippen LogP contribution in [-0.2, 0) is 19.2 Å². The lowest BCUT2D eigenvalue weighted by molar-refractivity contribution is -0.143. The van der Waals surface area contributed by atoms with Gasteiger partial charge >= 0.3 is 11.9 Å². The largest absolute Gasteiger partial charge is 0.481 e. The van der Waals surface area contributed by atoms with Crippen molar-refractivity contribution >= 4 is 23.8 Å². The minimum atomic E-state index is -1.31. The SMILES string of the molecule is C[C@@H](NC(=O)CCC(=O)N[C@H](CCC(=O)O)C(=O)O)c1ccccc1. The summed E-state index contributed by atoms with van der Waals surface area (Å²) in [6, 6.07) is 7.83. The summed E-state index contributed by atoms with van der Waals surface area (Å²) >= 11 is 0. The monoisotopic (exact) mass is 350 g/mol. The van der Waals surface area contributed by atoms with Crippen molar-refractivity contribution in [1.29, 1.82) is 0 Å². The Morgan fingerprint density at radius 3 is 2.00 bits per heavy atom. The van der Waals surface area contributed by atoms with Gasteiger partial charge in [-0.25, -0.2) is 4.79 Å². The first-order valence-electron chi connectivity index (χ1n) is 7.88. The maximum atomic E-state index is 11.9. The molecule has 0 radical (unpaired) electrons. The van der Waals surface area contributed by atoms with Crippen molar-refractivity contribution in [2.75, 3.05) is 0 Å². The van der Waals surface area contributed by atoms with E-state index in [1.165, 1.54) is 0 Å². The van der Waals surface area contributed by atoms with Gasteiger partial charge in [-0.05, 0) is 18.9 Å². The molecule has 0 fully saturated rings. The number of carboxylic acid groups (broad SMARTS) is 2. The van der Waals surface area contributed by atoms with Crippen LogP contribution in [0.25, 0.3) is 0 Å². The summed E-state index contributed by atoms with van der Waals surface area (Å²) in [5.74, 6) is -3.39. The number of hydrogen-bond acceptors (Lipinski definition) is 4. The molecule has 0 aliphatic carbocycles. The highest BCUT2D eigenvalue weighted by Crippen LogP contribution is 2.11. The summed E-state index contributed by atoms with van der Waals surface area (Å²) in [5, 5.41) is 22.5. The summed E-state index contributed by atoms with van der Waals surface area (Å²) in [4.78, 5) is 45.1. The van der Waals surface area contributed by atoms with Crippen LogP contribution in [0.15, 0.2) is 30.3 Å². The quantitative estimate of drug-likeness (QED) is 0.499. The van der Waals surface area contributed by atoms with Crippen LogP contribution in [0.4, 0.5) is 0 Å². The highest BCUT2D eigenvalue weighted by Gasteiger charge is 2.21. The van der Waals surface area contributed by atoms with Crippen molar-refractivity contribution in [2.24, 2.45) is 0 Å². The van der Waals surface area contributed by atoms with Crippen LogP contribution in [0.2, 0.25) is 0 Å². The molecule has 0 heterocycles. The first kappa shape index (κ1) is 20.1. The molecule has 1 rings (SSSR count). The van der Waals surface area contributed by atoms with Crippen LogP contribution >= 0.6 is 0 Å². The fourth-order valence-electron chi connectivity index (χ4n) is 2.16. The number of carbonyl (C=O) groups excluding carboxylic acids is 2. The lowest BCUT2D eigenvalue weighted by atomic mass is 10.1. The molecule has 0 aliphatic rings. The van der Waals surface area contributed by atoms with Crippen LogP contribution in [-0.4, -0.2) is 40.0 Å². The predicted octanol–water partition coefficient (Wildman–Crippen LogP) is 1.08. The molecule has 8 nitrogen and oxygen atoms in total. The third kappa shape index (κ3) is 7.96. The highest BCUT2D eigenvalue weighted by molar-refractivity contribution is 5.87. The molecular weight excluding hydrogens is 328 g/mol. The molecule has 0 bridgehead atoms. The summed E-state index contributed by atoms with van der Waals surface area (Å²) in [6.07, 6.45) is -0.849. The Morgan fingerprint density at radius 1 is 0.920 bits per heavy atom. The van der Waals surface area contributed by atoms with Gasteiger partial charge in [0.25, 0.3) is 0 Å². The van der Waals surface area contributed by atoms with Crippen LogP contribution in [0, 0.1) is 0 Å². The lowest BCUT2D eigenvalue weighted by Gasteiger charge is -2.15.